The van der Waals surface area contributed by atoms with Crippen LogP contribution < -0.4 is 10.6 Å². The van der Waals surface area contributed by atoms with Gasteiger partial charge in [-0.2, -0.15) is 11.8 Å². The number of hydrogen-bond acceptors (Lipinski definition) is 6. The van der Waals surface area contributed by atoms with Crippen molar-refractivity contribution in [1.82, 2.24) is 10.6 Å². The van der Waals surface area contributed by atoms with Crippen LogP contribution in [0.15, 0.2) is 35.3 Å². The van der Waals surface area contributed by atoms with Crippen LogP contribution >= 0.6 is 23.5 Å². The van der Waals surface area contributed by atoms with Crippen molar-refractivity contribution in [1.29, 1.82) is 0 Å². The third-order valence-electron chi connectivity index (χ3n) is 5.14. The average molecular weight is 450 g/mol. The first-order valence-electron chi connectivity index (χ1n) is 10.5. The predicted molar refractivity (Wildman–Crippen MR) is 125 cm³/mol. The maximum atomic E-state index is 12.9. The molecule has 3 N–H and O–H groups in total. The van der Waals surface area contributed by atoms with Crippen LogP contribution in [0.4, 0.5) is 0 Å². The Bertz CT molecular complexity index is 757. The molecule has 0 fully saturated rings. The van der Waals surface area contributed by atoms with Crippen molar-refractivity contribution < 1.29 is 14.7 Å². The van der Waals surface area contributed by atoms with Gasteiger partial charge in [0.2, 0.25) is 11.8 Å². The molecule has 2 aliphatic heterocycles. The summed E-state index contributed by atoms with van der Waals surface area (Å²) in [6.45, 7) is 4.17. The summed E-state index contributed by atoms with van der Waals surface area (Å²) < 4.78 is 0. The number of nitrogens with zero attached hydrogens (tertiary/aromatic N) is 1. The zero-order valence-corrected chi connectivity index (χ0v) is 19.2. The minimum absolute atomic E-state index is 0.0138. The molecule has 3 rings (SSSR count). The fourth-order valence-corrected chi connectivity index (χ4v) is 6.24. The quantitative estimate of drug-likeness (QED) is 0.641. The van der Waals surface area contributed by atoms with E-state index in [1.165, 1.54) is 11.8 Å². The van der Waals surface area contributed by atoms with Gasteiger partial charge in [-0.25, -0.2) is 0 Å². The second kappa shape index (κ2) is 11.2. The highest BCUT2D eigenvalue weighted by molar-refractivity contribution is 8.14. The number of amides is 2. The number of aliphatic hydroxyl groups is 1. The van der Waals surface area contributed by atoms with Crippen LogP contribution in [0.2, 0.25) is 0 Å². The first-order chi connectivity index (χ1) is 14.4. The van der Waals surface area contributed by atoms with E-state index in [2.05, 4.69) is 29.5 Å². The summed E-state index contributed by atoms with van der Waals surface area (Å²) in [6.07, 6.45) is 1.97. The van der Waals surface area contributed by atoms with Crippen molar-refractivity contribution in [2.24, 2.45) is 10.9 Å². The SMILES string of the molecule is CC(C)C[C@H]1CC(=O)N[C@@H](Cc2ccccc2)C2=N[C@H](CS2)C(=O)N[C@H](CO)CS1. The molecule has 0 aliphatic carbocycles. The Hall–Kier alpha value is -1.51. The van der Waals surface area contributed by atoms with Crippen LogP contribution in [0.1, 0.15) is 32.3 Å². The smallest absolute Gasteiger partial charge is 0.246 e. The minimum atomic E-state index is -0.480. The van der Waals surface area contributed by atoms with Gasteiger partial charge in [-0.1, -0.05) is 44.2 Å². The molecule has 2 aliphatic rings. The van der Waals surface area contributed by atoms with Crippen molar-refractivity contribution in [3.8, 4) is 0 Å². The van der Waals surface area contributed by atoms with Gasteiger partial charge in [-0.15, -0.1) is 11.8 Å². The molecular formula is C22H31N3O3S2. The summed E-state index contributed by atoms with van der Waals surface area (Å²) in [5.74, 6) is 1.46. The van der Waals surface area contributed by atoms with E-state index in [1.54, 1.807) is 11.8 Å². The van der Waals surface area contributed by atoms with Crippen LogP contribution in [0, 0.1) is 5.92 Å². The third-order valence-corrected chi connectivity index (χ3v) is 7.73. The van der Waals surface area contributed by atoms with Crippen molar-refractivity contribution in [3.63, 3.8) is 0 Å². The molecule has 30 heavy (non-hydrogen) atoms. The molecule has 4 atom stereocenters. The summed E-state index contributed by atoms with van der Waals surface area (Å²) in [6, 6.07) is 8.99. The Balaban J connectivity index is 1.84. The number of aliphatic imine (C=N–C) groups is 1. The monoisotopic (exact) mass is 449 g/mol. The second-order valence-electron chi connectivity index (χ2n) is 8.28. The van der Waals surface area contributed by atoms with Gasteiger partial charge in [-0.05, 0) is 24.3 Å². The zero-order valence-electron chi connectivity index (χ0n) is 17.5. The van der Waals surface area contributed by atoms with Crippen LogP contribution in [-0.4, -0.2) is 63.5 Å². The Morgan fingerprint density at radius 1 is 1.17 bits per heavy atom. The maximum Gasteiger partial charge on any atom is 0.246 e. The molecule has 0 aromatic heterocycles. The van der Waals surface area contributed by atoms with E-state index in [0.717, 1.165) is 17.0 Å². The third kappa shape index (κ3) is 6.75. The highest BCUT2D eigenvalue weighted by Crippen LogP contribution is 2.26. The van der Waals surface area contributed by atoms with Gasteiger partial charge in [0.15, 0.2) is 0 Å². The Kier molecular flexibility index (Phi) is 8.65. The standard InChI is InChI=1S/C22H31N3O3S2/c1-14(2)8-17-10-20(27)24-18(9-15-6-4-3-5-7-15)22-25-19(13-30-22)21(28)23-16(11-26)12-29-17/h3-7,14,16-19,26H,8-13H2,1-2H3,(H,23,28)(H,24,27)/t16-,17+,18+,19-/m1/s1. The minimum Gasteiger partial charge on any atom is -0.394 e. The molecule has 6 nitrogen and oxygen atoms in total. The highest BCUT2D eigenvalue weighted by Gasteiger charge is 2.32. The number of benzene rings is 1. The summed E-state index contributed by atoms with van der Waals surface area (Å²) in [5, 5.41) is 16.8. The van der Waals surface area contributed by atoms with E-state index in [-0.39, 0.29) is 35.8 Å². The number of nitrogens with one attached hydrogen (secondary N) is 2. The van der Waals surface area contributed by atoms with Crippen molar-refractivity contribution in [3.05, 3.63) is 35.9 Å². The van der Waals surface area contributed by atoms with Gasteiger partial charge in [0.05, 0.1) is 23.7 Å². The second-order valence-corrected chi connectivity index (χ2v) is 10.7. The van der Waals surface area contributed by atoms with Crippen molar-refractivity contribution >= 4 is 40.4 Å². The maximum absolute atomic E-state index is 12.9. The molecule has 164 valence electrons. The van der Waals surface area contributed by atoms with E-state index < -0.39 is 6.04 Å². The van der Waals surface area contributed by atoms with Gasteiger partial charge in [0.1, 0.15) is 6.04 Å². The average Bonchev–Trinajstić information content (AvgIpc) is 3.20. The van der Waals surface area contributed by atoms with Crippen molar-refractivity contribution in [2.75, 3.05) is 18.1 Å². The summed E-state index contributed by atoms with van der Waals surface area (Å²) >= 11 is 3.19. The first kappa shape index (κ1) is 23.2. The molecule has 0 unspecified atom stereocenters. The van der Waals surface area contributed by atoms with Gasteiger partial charge in [0, 0.05) is 23.2 Å². The number of hydrogen-bond donors (Lipinski definition) is 3. The predicted octanol–water partition coefficient (Wildman–Crippen LogP) is 2.26. The zero-order chi connectivity index (χ0) is 21.5. The Morgan fingerprint density at radius 3 is 2.63 bits per heavy atom. The number of thioether (sulfide) groups is 2. The Labute approximate surface area is 187 Å². The lowest BCUT2D eigenvalue weighted by molar-refractivity contribution is -0.122. The molecule has 0 saturated carbocycles. The molecule has 0 radical (unpaired) electrons. The lowest BCUT2D eigenvalue weighted by Gasteiger charge is -2.24. The molecule has 2 bridgehead atoms. The number of carbonyl (C=O) groups is 2. The Morgan fingerprint density at radius 2 is 1.93 bits per heavy atom. The molecule has 0 saturated heterocycles. The van der Waals surface area contributed by atoms with Crippen LogP contribution in [0.25, 0.3) is 0 Å². The summed E-state index contributed by atoms with van der Waals surface area (Å²) in [4.78, 5) is 30.3. The number of fused-ring (bicyclic) bond motifs is 1. The van der Waals surface area contributed by atoms with Gasteiger partial charge in [0.25, 0.3) is 0 Å². The van der Waals surface area contributed by atoms with Crippen molar-refractivity contribution in [2.45, 2.75) is 56.5 Å². The molecule has 2 heterocycles. The molecular weight excluding hydrogens is 418 g/mol. The summed E-state index contributed by atoms with van der Waals surface area (Å²) in [7, 11) is 0. The molecule has 8 heteroatoms. The van der Waals surface area contributed by atoms with Gasteiger partial charge >= 0.3 is 0 Å². The molecule has 0 spiro atoms. The normalized spacial score (nSPS) is 28.1. The lowest BCUT2D eigenvalue weighted by Crippen LogP contribution is -2.44. The fraction of sp³-hybridized carbons (Fsp3) is 0.591. The van der Waals surface area contributed by atoms with E-state index >= 15 is 0 Å². The van der Waals surface area contributed by atoms with E-state index in [0.29, 0.717) is 30.3 Å². The lowest BCUT2D eigenvalue weighted by atomic mass is 10.0. The van der Waals surface area contributed by atoms with Crippen LogP contribution in [0.5, 0.6) is 0 Å². The first-order valence-corrected chi connectivity index (χ1v) is 12.5. The number of carbonyl (C=O) groups excluding carboxylic acids is 2. The summed E-state index contributed by atoms with van der Waals surface area (Å²) in [5.41, 5.74) is 1.12. The van der Waals surface area contributed by atoms with Gasteiger partial charge in [-0.3, -0.25) is 14.6 Å². The molecule has 1 aromatic carbocycles. The number of aliphatic hydroxyl groups excluding tert-OH is 1. The van der Waals surface area contributed by atoms with E-state index in [1.807, 2.05) is 30.3 Å². The van der Waals surface area contributed by atoms with Crippen LogP contribution in [-0.2, 0) is 16.0 Å². The molecule has 1 aromatic rings. The van der Waals surface area contributed by atoms with Gasteiger partial charge < -0.3 is 15.7 Å². The van der Waals surface area contributed by atoms with E-state index in [4.69, 9.17) is 0 Å². The molecule has 2 amide bonds. The van der Waals surface area contributed by atoms with Crippen LogP contribution in [0.3, 0.4) is 0 Å². The largest absolute Gasteiger partial charge is 0.394 e. The van der Waals surface area contributed by atoms with E-state index in [9.17, 15) is 14.7 Å². The number of rotatable bonds is 5. The highest BCUT2D eigenvalue weighted by atomic mass is 32.2. The topological polar surface area (TPSA) is 90.8 Å². The fourth-order valence-electron chi connectivity index (χ4n) is 3.65.